The lowest BCUT2D eigenvalue weighted by Gasteiger charge is -2.16. The topological polar surface area (TPSA) is 146 Å². The fraction of sp³-hybridized carbons (Fsp3) is 0.200. The summed E-state index contributed by atoms with van der Waals surface area (Å²) >= 11 is 0. The molecule has 3 rings (SSSR count). The van der Waals surface area contributed by atoms with Crippen molar-refractivity contribution in [3.05, 3.63) is 69.3 Å². The van der Waals surface area contributed by atoms with Gasteiger partial charge in [-0.25, -0.2) is 27.5 Å². The predicted molar refractivity (Wildman–Crippen MR) is 111 cm³/mol. The third kappa shape index (κ3) is 4.43. The van der Waals surface area contributed by atoms with Crippen molar-refractivity contribution in [2.45, 2.75) is 17.9 Å². The minimum absolute atomic E-state index is 0.000284. The maximum atomic E-state index is 14.5. The Labute approximate surface area is 177 Å². The van der Waals surface area contributed by atoms with Crippen LogP contribution in [0.3, 0.4) is 0 Å². The summed E-state index contributed by atoms with van der Waals surface area (Å²) < 4.78 is 48.0. The van der Waals surface area contributed by atoms with Gasteiger partial charge in [-0.1, -0.05) is 12.1 Å². The summed E-state index contributed by atoms with van der Waals surface area (Å²) in [6.45, 7) is 1.56. The molecule has 1 aromatic heterocycles. The molecule has 2 aromatic carbocycles. The van der Waals surface area contributed by atoms with E-state index in [1.54, 1.807) is 6.92 Å². The molecule has 0 bridgehead atoms. The van der Waals surface area contributed by atoms with E-state index in [0.717, 1.165) is 17.0 Å². The fourth-order valence-corrected chi connectivity index (χ4v) is 3.61. The molecule has 0 radical (unpaired) electrons. The molecule has 1 amide bonds. The van der Waals surface area contributed by atoms with Gasteiger partial charge in [-0.15, -0.1) is 0 Å². The van der Waals surface area contributed by atoms with Crippen LogP contribution in [0, 0.1) is 12.7 Å². The van der Waals surface area contributed by atoms with Gasteiger partial charge < -0.3 is 19.8 Å². The van der Waals surface area contributed by atoms with Gasteiger partial charge in [0.25, 0.3) is 0 Å². The summed E-state index contributed by atoms with van der Waals surface area (Å²) in [5.41, 5.74) is 6.09. The maximum Gasteiger partial charge on any atom is 0.414 e. The van der Waals surface area contributed by atoms with Crippen LogP contribution in [-0.4, -0.2) is 33.5 Å². The molecule has 31 heavy (non-hydrogen) atoms. The van der Waals surface area contributed by atoms with Crippen LogP contribution in [0.5, 0.6) is 5.75 Å². The number of carbonyl (C=O) groups excluding carboxylic acids is 1. The second-order valence-electron chi connectivity index (χ2n) is 7.06. The number of fused-ring (bicyclic) bond motifs is 1. The molecular formula is C20H20FN3O6S. The van der Waals surface area contributed by atoms with E-state index in [4.69, 9.17) is 20.0 Å². The quantitative estimate of drug-likeness (QED) is 0.579. The summed E-state index contributed by atoms with van der Waals surface area (Å²) in [7, 11) is -1.10. The molecule has 9 nitrogen and oxygen atoms in total. The first-order chi connectivity index (χ1) is 14.4. The van der Waals surface area contributed by atoms with Crippen LogP contribution in [0.1, 0.15) is 22.7 Å². The van der Waals surface area contributed by atoms with Gasteiger partial charge >= 0.3 is 11.7 Å². The van der Waals surface area contributed by atoms with Gasteiger partial charge in [0.2, 0.25) is 10.0 Å². The minimum atomic E-state index is -3.97. The fourth-order valence-electron chi connectivity index (χ4n) is 3.04. The Bertz CT molecular complexity index is 1350. The number of ether oxygens (including phenoxy) is 1. The van der Waals surface area contributed by atoms with Crippen molar-refractivity contribution in [2.24, 2.45) is 10.9 Å². The average Bonchev–Trinajstić information content (AvgIpc) is 2.68. The van der Waals surface area contributed by atoms with Crippen molar-refractivity contribution in [1.82, 2.24) is 4.90 Å². The molecule has 1 heterocycles. The van der Waals surface area contributed by atoms with E-state index >= 15 is 0 Å². The summed E-state index contributed by atoms with van der Waals surface area (Å²) in [6, 6.07) is 6.66. The van der Waals surface area contributed by atoms with E-state index in [1.807, 2.05) is 0 Å². The van der Waals surface area contributed by atoms with Crippen molar-refractivity contribution in [2.75, 3.05) is 14.1 Å². The zero-order chi connectivity index (χ0) is 23.1. The number of hydrogen-bond acceptors (Lipinski definition) is 7. The van der Waals surface area contributed by atoms with Crippen LogP contribution < -0.4 is 21.2 Å². The number of nitrogens with two attached hydrogens (primary N) is 2. The van der Waals surface area contributed by atoms with Crippen molar-refractivity contribution >= 4 is 27.1 Å². The molecule has 0 spiro atoms. The molecule has 0 fully saturated rings. The molecule has 164 valence electrons. The lowest BCUT2D eigenvalue weighted by atomic mass is 9.95. The van der Waals surface area contributed by atoms with Crippen molar-refractivity contribution < 1.29 is 26.8 Å². The standard InChI is InChI=1S/C20H20FN3O6S/c1-10-13-8-14(21)16(30-20(26)24(2)3)9-15(13)29-19(25)17(10)18(22)11-5-4-6-12(7-11)31(23,27)28/h4-9,18H,22H2,1-3H3,(H2,23,27,28). The van der Waals surface area contributed by atoms with E-state index in [9.17, 15) is 22.4 Å². The summed E-state index contributed by atoms with van der Waals surface area (Å²) in [6.07, 6.45) is -0.800. The number of carbonyl (C=O) groups is 1. The number of amides is 1. The molecule has 0 aliphatic heterocycles. The number of primary sulfonamides is 1. The molecule has 1 atom stereocenters. The van der Waals surface area contributed by atoms with Crippen LogP contribution in [0.25, 0.3) is 11.0 Å². The van der Waals surface area contributed by atoms with Crippen LogP contribution in [0.2, 0.25) is 0 Å². The number of rotatable bonds is 4. The van der Waals surface area contributed by atoms with Gasteiger partial charge in [0.15, 0.2) is 11.6 Å². The SMILES string of the molecule is Cc1c(C(N)c2cccc(S(N)(=O)=O)c2)c(=O)oc2cc(OC(=O)N(C)C)c(F)cc12. The van der Waals surface area contributed by atoms with Gasteiger partial charge in [-0.2, -0.15) is 0 Å². The molecule has 0 saturated carbocycles. The lowest BCUT2D eigenvalue weighted by Crippen LogP contribution is -2.25. The molecule has 11 heteroatoms. The highest BCUT2D eigenvalue weighted by atomic mass is 32.2. The lowest BCUT2D eigenvalue weighted by molar-refractivity contribution is 0.170. The van der Waals surface area contributed by atoms with Crippen molar-refractivity contribution in [1.29, 1.82) is 0 Å². The van der Waals surface area contributed by atoms with E-state index < -0.39 is 39.4 Å². The first-order valence-electron chi connectivity index (χ1n) is 8.94. The number of aryl methyl sites for hydroxylation is 1. The normalized spacial score (nSPS) is 12.6. The van der Waals surface area contributed by atoms with Gasteiger partial charge in [0.1, 0.15) is 5.58 Å². The Kier molecular flexibility index (Phi) is 5.85. The van der Waals surface area contributed by atoms with Gasteiger partial charge in [-0.3, -0.25) is 0 Å². The molecule has 4 N–H and O–H groups in total. The van der Waals surface area contributed by atoms with Crippen LogP contribution in [0.15, 0.2) is 50.5 Å². The van der Waals surface area contributed by atoms with Gasteiger partial charge in [0, 0.05) is 25.5 Å². The largest absolute Gasteiger partial charge is 0.422 e. The van der Waals surface area contributed by atoms with Crippen LogP contribution in [-0.2, 0) is 10.0 Å². The first-order valence-corrected chi connectivity index (χ1v) is 10.5. The second-order valence-corrected chi connectivity index (χ2v) is 8.63. The molecule has 1 unspecified atom stereocenters. The predicted octanol–water partition coefficient (Wildman–Crippen LogP) is 2.00. The molecular weight excluding hydrogens is 429 g/mol. The first kappa shape index (κ1) is 22.4. The van der Waals surface area contributed by atoms with Crippen molar-refractivity contribution in [3.63, 3.8) is 0 Å². The van der Waals surface area contributed by atoms with E-state index in [2.05, 4.69) is 0 Å². The Balaban J connectivity index is 2.13. The second kappa shape index (κ2) is 8.10. The smallest absolute Gasteiger partial charge is 0.414 e. The summed E-state index contributed by atoms with van der Waals surface area (Å²) in [4.78, 5) is 25.3. The zero-order valence-electron chi connectivity index (χ0n) is 16.9. The van der Waals surface area contributed by atoms with Gasteiger partial charge in [0.05, 0.1) is 16.5 Å². The summed E-state index contributed by atoms with van der Waals surface area (Å²) in [5, 5.41) is 5.40. The maximum absolute atomic E-state index is 14.5. The third-order valence-corrected chi connectivity index (χ3v) is 5.59. The van der Waals surface area contributed by atoms with Crippen LogP contribution >= 0.6 is 0 Å². The molecule has 3 aromatic rings. The molecule has 0 aliphatic carbocycles. The van der Waals surface area contributed by atoms with E-state index in [1.165, 1.54) is 38.4 Å². The third-order valence-electron chi connectivity index (χ3n) is 4.68. The highest BCUT2D eigenvalue weighted by Gasteiger charge is 2.23. The monoisotopic (exact) mass is 449 g/mol. The number of sulfonamides is 1. The number of benzene rings is 2. The van der Waals surface area contributed by atoms with Crippen molar-refractivity contribution in [3.8, 4) is 5.75 Å². The Morgan fingerprint density at radius 2 is 1.90 bits per heavy atom. The van der Waals surface area contributed by atoms with Gasteiger partial charge in [-0.05, 0) is 36.2 Å². The van der Waals surface area contributed by atoms with E-state index in [-0.39, 0.29) is 21.4 Å². The highest BCUT2D eigenvalue weighted by Crippen LogP contribution is 2.31. The number of halogens is 1. The highest BCUT2D eigenvalue weighted by molar-refractivity contribution is 7.89. The number of hydrogen-bond donors (Lipinski definition) is 2. The molecule has 0 aliphatic rings. The van der Waals surface area contributed by atoms with Crippen LogP contribution in [0.4, 0.5) is 9.18 Å². The number of nitrogens with zero attached hydrogens (tertiary/aromatic N) is 1. The Morgan fingerprint density at radius 3 is 2.52 bits per heavy atom. The minimum Gasteiger partial charge on any atom is -0.422 e. The zero-order valence-corrected chi connectivity index (χ0v) is 17.7. The Morgan fingerprint density at radius 1 is 1.23 bits per heavy atom. The summed E-state index contributed by atoms with van der Waals surface area (Å²) in [5.74, 6) is -1.23. The Hall–Kier alpha value is -3.28. The molecule has 0 saturated heterocycles. The van der Waals surface area contributed by atoms with E-state index in [0.29, 0.717) is 11.1 Å². The average molecular weight is 449 g/mol.